The summed E-state index contributed by atoms with van der Waals surface area (Å²) in [6.45, 7) is 2.56. The predicted octanol–water partition coefficient (Wildman–Crippen LogP) is -0.481. The minimum absolute atomic E-state index is 0.196. The molecule has 0 aromatic heterocycles. The van der Waals surface area contributed by atoms with E-state index in [0.29, 0.717) is 24.5 Å². The molecule has 0 radical (unpaired) electrons. The molecule has 160 valence electrons. The number of amides is 2. The van der Waals surface area contributed by atoms with Crippen molar-refractivity contribution in [3.8, 4) is 0 Å². The van der Waals surface area contributed by atoms with Crippen LogP contribution in [0.3, 0.4) is 0 Å². The molecule has 0 spiro atoms. The number of carbonyl (C=O) groups excluding carboxylic acids is 2. The fraction of sp³-hybridized carbons (Fsp3) is 0.412. The van der Waals surface area contributed by atoms with Crippen molar-refractivity contribution in [3.63, 3.8) is 0 Å². The molecule has 1 fully saturated rings. The van der Waals surface area contributed by atoms with Crippen LogP contribution in [0.4, 0.5) is 20.6 Å². The summed E-state index contributed by atoms with van der Waals surface area (Å²) in [6.07, 6.45) is -0.946. The molecule has 0 bridgehead atoms. The van der Waals surface area contributed by atoms with Gasteiger partial charge in [0.15, 0.2) is 0 Å². The molecule has 3 N–H and O–H groups in total. The number of nitrogens with zero attached hydrogens (tertiary/aromatic N) is 5. The predicted molar refractivity (Wildman–Crippen MR) is 103 cm³/mol. The van der Waals surface area contributed by atoms with Gasteiger partial charge in [-0.2, -0.15) is 10.1 Å². The number of guanidine groups is 1. The smallest absolute Gasteiger partial charge is 0.414 e. The van der Waals surface area contributed by atoms with Gasteiger partial charge in [-0.15, -0.1) is 0 Å². The molecular formula is C17H20FN7O5. The average Bonchev–Trinajstić information content (AvgIpc) is 3.32. The summed E-state index contributed by atoms with van der Waals surface area (Å²) in [5.41, 5.74) is 3.10. The number of halogens is 1. The zero-order valence-electron chi connectivity index (χ0n) is 16.0. The number of aliphatic imine (C=N–C) groups is 1. The molecule has 0 saturated carbocycles. The van der Waals surface area contributed by atoms with Crippen LogP contribution >= 0.6 is 0 Å². The Balaban J connectivity index is 1.42. The van der Waals surface area contributed by atoms with Gasteiger partial charge >= 0.3 is 6.09 Å². The van der Waals surface area contributed by atoms with Crippen molar-refractivity contribution in [2.75, 3.05) is 36.0 Å². The van der Waals surface area contributed by atoms with Crippen LogP contribution in [0.1, 0.15) is 6.92 Å². The van der Waals surface area contributed by atoms with E-state index >= 15 is 0 Å². The lowest BCUT2D eigenvalue weighted by atomic mass is 10.2. The molecule has 3 aliphatic heterocycles. The molecule has 4 rings (SSSR count). The summed E-state index contributed by atoms with van der Waals surface area (Å²) in [5.74, 6) is -0.489. The van der Waals surface area contributed by atoms with Crippen LogP contribution in [0.15, 0.2) is 28.3 Å². The Morgan fingerprint density at radius 3 is 2.90 bits per heavy atom. The summed E-state index contributed by atoms with van der Waals surface area (Å²) < 4.78 is 20.0. The maximum Gasteiger partial charge on any atom is 0.414 e. The lowest BCUT2D eigenvalue weighted by Gasteiger charge is -2.29. The monoisotopic (exact) mass is 421 g/mol. The highest BCUT2D eigenvalue weighted by atomic mass is 19.1. The fourth-order valence-corrected chi connectivity index (χ4v) is 3.16. The molecule has 2 atom stereocenters. The second kappa shape index (κ2) is 8.12. The number of anilines is 2. The molecule has 3 aliphatic rings. The number of aliphatic hydroxyl groups is 1. The van der Waals surface area contributed by atoms with Crippen molar-refractivity contribution in [2.24, 2.45) is 10.1 Å². The first-order valence-electron chi connectivity index (χ1n) is 9.18. The van der Waals surface area contributed by atoms with E-state index in [2.05, 4.69) is 20.9 Å². The van der Waals surface area contributed by atoms with Crippen molar-refractivity contribution in [2.45, 2.75) is 19.4 Å². The summed E-state index contributed by atoms with van der Waals surface area (Å²) in [7, 11) is 0. The number of nitrogens with one attached hydrogen (secondary N) is 2. The number of benzene rings is 1. The van der Waals surface area contributed by atoms with E-state index in [-0.39, 0.29) is 25.0 Å². The van der Waals surface area contributed by atoms with Gasteiger partial charge in [0.05, 0.1) is 31.0 Å². The first kappa shape index (κ1) is 19.8. The third-order valence-corrected chi connectivity index (χ3v) is 4.62. The van der Waals surface area contributed by atoms with Gasteiger partial charge < -0.3 is 20.1 Å². The van der Waals surface area contributed by atoms with Gasteiger partial charge in [-0.25, -0.2) is 24.5 Å². The van der Waals surface area contributed by atoms with E-state index < -0.39 is 24.4 Å². The molecule has 0 aliphatic carbocycles. The molecular weight excluding hydrogens is 401 g/mol. The number of hydrogen-bond acceptors (Lipinski definition) is 10. The zero-order chi connectivity index (χ0) is 21.3. The van der Waals surface area contributed by atoms with Gasteiger partial charge in [0.1, 0.15) is 18.3 Å². The highest BCUT2D eigenvalue weighted by Crippen LogP contribution is 2.28. The second-order valence-electron chi connectivity index (χ2n) is 6.74. The van der Waals surface area contributed by atoms with Crippen LogP contribution < -0.4 is 20.6 Å². The normalized spacial score (nSPS) is 23.4. The summed E-state index contributed by atoms with van der Waals surface area (Å²) >= 11 is 0. The Bertz CT molecular complexity index is 910. The minimum Gasteiger partial charge on any atom is -0.442 e. The van der Waals surface area contributed by atoms with Gasteiger partial charge in [0.2, 0.25) is 11.9 Å². The highest BCUT2D eigenvalue weighted by Gasteiger charge is 2.33. The number of hydrazone groups is 1. The highest BCUT2D eigenvalue weighted by molar-refractivity contribution is 5.91. The topological polar surface area (TPSA) is 131 Å². The first-order valence-corrected chi connectivity index (χ1v) is 9.18. The standard InChI is InChI=1S/C17H20FN7O5/c1-10(26)19-7-12-8-24(17(28)29-12)11-2-3-14(13(18)6-11)23-4-5-25(20-9-23)15-21-16(27)30-22-15/h2-3,6,9,12,16,27H,4-5,7-8H2,1H3,(H,19,26)(H,21,22)/t12-,16?/m0/s1. The number of rotatable bonds is 4. The number of carbonyl (C=O) groups is 2. The van der Waals surface area contributed by atoms with Gasteiger partial charge in [0, 0.05) is 13.5 Å². The zero-order valence-corrected chi connectivity index (χ0v) is 16.0. The Kier molecular flexibility index (Phi) is 5.37. The molecule has 1 unspecified atom stereocenters. The molecule has 1 aromatic rings. The Morgan fingerprint density at radius 1 is 1.43 bits per heavy atom. The summed E-state index contributed by atoms with van der Waals surface area (Å²) in [5, 5.41) is 17.5. The van der Waals surface area contributed by atoms with Gasteiger partial charge in [-0.1, -0.05) is 0 Å². The number of hydroxylamine groups is 1. The summed E-state index contributed by atoms with van der Waals surface area (Å²) in [6, 6.07) is 4.43. The van der Waals surface area contributed by atoms with Crippen LogP contribution in [-0.4, -0.2) is 73.1 Å². The largest absolute Gasteiger partial charge is 0.442 e. The minimum atomic E-state index is -1.28. The van der Waals surface area contributed by atoms with Crippen molar-refractivity contribution in [1.82, 2.24) is 15.8 Å². The van der Waals surface area contributed by atoms with E-state index in [9.17, 15) is 19.1 Å². The van der Waals surface area contributed by atoms with Crippen LogP contribution in [0.2, 0.25) is 0 Å². The van der Waals surface area contributed by atoms with Gasteiger partial charge in [-0.3, -0.25) is 9.69 Å². The van der Waals surface area contributed by atoms with Crippen molar-refractivity contribution in [3.05, 3.63) is 24.0 Å². The van der Waals surface area contributed by atoms with Crippen LogP contribution in [-0.2, 0) is 14.4 Å². The number of ether oxygens (including phenoxy) is 1. The number of aliphatic hydroxyl groups excluding tert-OH is 1. The van der Waals surface area contributed by atoms with Crippen LogP contribution in [0, 0.1) is 5.82 Å². The van der Waals surface area contributed by atoms with E-state index in [0.717, 1.165) is 0 Å². The SMILES string of the molecule is CC(=O)NC[C@H]1CN(c2ccc(N3C=NN(C4=NC(O)ON4)CC3)c(F)c2)C(=O)O1. The third kappa shape index (κ3) is 4.11. The third-order valence-electron chi connectivity index (χ3n) is 4.62. The Morgan fingerprint density at radius 2 is 2.27 bits per heavy atom. The molecule has 1 aromatic carbocycles. The molecule has 30 heavy (non-hydrogen) atoms. The van der Waals surface area contributed by atoms with Crippen molar-refractivity contribution >= 4 is 35.7 Å². The van der Waals surface area contributed by atoms with Crippen molar-refractivity contribution in [1.29, 1.82) is 0 Å². The van der Waals surface area contributed by atoms with Gasteiger partial charge in [-0.05, 0) is 18.2 Å². The molecule has 3 heterocycles. The second-order valence-corrected chi connectivity index (χ2v) is 6.74. The lowest BCUT2D eigenvalue weighted by Crippen LogP contribution is -2.44. The van der Waals surface area contributed by atoms with E-state index in [1.165, 1.54) is 29.2 Å². The molecule has 13 heteroatoms. The lowest BCUT2D eigenvalue weighted by molar-refractivity contribution is -0.119. The quantitative estimate of drug-likeness (QED) is 0.594. The summed E-state index contributed by atoms with van der Waals surface area (Å²) in [4.78, 5) is 34.6. The maximum absolute atomic E-state index is 14.8. The van der Waals surface area contributed by atoms with Gasteiger partial charge in [0.25, 0.3) is 6.41 Å². The number of hydrogen-bond donors (Lipinski definition) is 3. The van der Waals surface area contributed by atoms with Crippen LogP contribution in [0.5, 0.6) is 0 Å². The van der Waals surface area contributed by atoms with E-state index in [1.54, 1.807) is 17.0 Å². The maximum atomic E-state index is 14.8. The first-order chi connectivity index (χ1) is 14.4. The van der Waals surface area contributed by atoms with E-state index in [4.69, 9.17) is 9.57 Å². The molecule has 2 amide bonds. The fourth-order valence-electron chi connectivity index (χ4n) is 3.16. The van der Waals surface area contributed by atoms with Crippen LogP contribution in [0.25, 0.3) is 0 Å². The van der Waals surface area contributed by atoms with E-state index in [1.807, 2.05) is 0 Å². The number of cyclic esters (lactones) is 1. The Labute approximate surface area is 170 Å². The molecule has 1 saturated heterocycles. The molecule has 12 nitrogen and oxygen atoms in total. The van der Waals surface area contributed by atoms with Crippen molar-refractivity contribution < 1.29 is 28.7 Å². The average molecular weight is 421 g/mol. The Hall–Kier alpha value is -3.45.